The summed E-state index contributed by atoms with van der Waals surface area (Å²) in [5.74, 6) is 1.08. The standard InChI is InChI=1S/C22H30N4/c1-2-6-13-25(12-5-1)15-16-26-14-11-23-22(26)24-18-19-9-10-20-7-3-4-8-21(20)17-19/h3-4,7-10,17H,1-2,5-6,11-16,18H2,(H,23,24). The zero-order valence-corrected chi connectivity index (χ0v) is 15.7. The molecule has 0 atom stereocenters. The highest BCUT2D eigenvalue weighted by Crippen LogP contribution is 2.16. The van der Waals surface area contributed by atoms with Crippen LogP contribution in [0.25, 0.3) is 10.8 Å². The smallest absolute Gasteiger partial charge is 0.194 e. The average molecular weight is 351 g/mol. The normalized spacial score (nSPS) is 18.8. The molecule has 2 aromatic rings. The monoisotopic (exact) mass is 350 g/mol. The minimum Gasteiger partial charge on any atom is -0.352 e. The van der Waals surface area contributed by atoms with Crippen molar-refractivity contribution in [2.45, 2.75) is 32.2 Å². The fourth-order valence-corrected chi connectivity index (χ4v) is 4.02. The minimum atomic E-state index is 0.837. The summed E-state index contributed by atoms with van der Waals surface area (Å²) < 4.78 is 0. The largest absolute Gasteiger partial charge is 0.352 e. The van der Waals surface area contributed by atoms with Crippen molar-refractivity contribution in [2.75, 3.05) is 39.3 Å². The van der Waals surface area contributed by atoms with Gasteiger partial charge in [-0.05, 0) is 48.3 Å². The van der Waals surface area contributed by atoms with Crippen LogP contribution in [0.15, 0.2) is 47.5 Å². The molecule has 26 heavy (non-hydrogen) atoms. The van der Waals surface area contributed by atoms with Crippen molar-refractivity contribution >= 4 is 16.7 Å². The Labute approximate surface area is 156 Å². The summed E-state index contributed by atoms with van der Waals surface area (Å²) in [5.41, 5.74) is 1.31. The van der Waals surface area contributed by atoms with E-state index in [4.69, 9.17) is 0 Å². The van der Waals surface area contributed by atoms with E-state index in [1.807, 2.05) is 0 Å². The Balaban J connectivity index is 1.30. The van der Waals surface area contributed by atoms with Gasteiger partial charge in [0.05, 0.1) is 6.54 Å². The molecule has 0 saturated carbocycles. The summed E-state index contributed by atoms with van der Waals surface area (Å²) in [4.78, 5) is 9.74. The first-order chi connectivity index (χ1) is 12.9. The van der Waals surface area contributed by atoms with Crippen LogP contribution in [0, 0.1) is 0 Å². The molecule has 138 valence electrons. The Bertz CT molecular complexity index is 747. The lowest BCUT2D eigenvalue weighted by molar-refractivity contribution is 0.257. The highest BCUT2D eigenvalue weighted by molar-refractivity contribution is 5.84. The molecule has 2 aliphatic rings. The molecule has 2 aliphatic heterocycles. The van der Waals surface area contributed by atoms with E-state index in [0.717, 1.165) is 38.7 Å². The lowest BCUT2D eigenvalue weighted by Gasteiger charge is -2.26. The zero-order valence-electron chi connectivity index (χ0n) is 15.7. The Morgan fingerprint density at radius 3 is 2.50 bits per heavy atom. The Morgan fingerprint density at radius 1 is 0.846 bits per heavy atom. The molecule has 1 saturated heterocycles. The molecule has 0 amide bonds. The van der Waals surface area contributed by atoms with Crippen LogP contribution in [-0.4, -0.2) is 55.0 Å². The molecule has 0 spiro atoms. The summed E-state index contributed by atoms with van der Waals surface area (Å²) in [5, 5.41) is 6.17. The lowest BCUT2D eigenvalue weighted by Crippen LogP contribution is -2.42. The number of rotatable bonds is 5. The Morgan fingerprint density at radius 2 is 1.65 bits per heavy atom. The first-order valence-corrected chi connectivity index (χ1v) is 10.1. The second-order valence-corrected chi connectivity index (χ2v) is 7.48. The number of likely N-dealkylation sites (tertiary alicyclic amines) is 1. The number of hydrogen-bond donors (Lipinski definition) is 1. The van der Waals surface area contributed by atoms with Gasteiger partial charge >= 0.3 is 0 Å². The Kier molecular flexibility index (Phi) is 5.70. The molecule has 0 unspecified atom stereocenters. The first-order valence-electron chi connectivity index (χ1n) is 10.1. The predicted octanol–water partition coefficient (Wildman–Crippen LogP) is 3.48. The summed E-state index contributed by atoms with van der Waals surface area (Å²) in [6, 6.07) is 15.2. The molecule has 0 radical (unpaired) electrons. The first kappa shape index (κ1) is 17.3. The number of nitrogens with one attached hydrogen (secondary N) is 1. The number of benzene rings is 2. The third kappa shape index (κ3) is 4.36. The zero-order chi connectivity index (χ0) is 17.6. The molecule has 1 N–H and O–H groups in total. The summed E-state index contributed by atoms with van der Waals surface area (Å²) in [6.07, 6.45) is 5.53. The summed E-state index contributed by atoms with van der Waals surface area (Å²) in [6.45, 7) is 7.59. The molecule has 0 bridgehead atoms. The van der Waals surface area contributed by atoms with E-state index in [2.05, 4.69) is 62.6 Å². The van der Waals surface area contributed by atoms with Crippen molar-refractivity contribution < 1.29 is 0 Å². The molecule has 2 heterocycles. The summed E-state index contributed by atoms with van der Waals surface area (Å²) >= 11 is 0. The molecule has 4 rings (SSSR count). The second-order valence-electron chi connectivity index (χ2n) is 7.48. The van der Waals surface area contributed by atoms with Crippen LogP contribution in [-0.2, 0) is 6.54 Å². The quantitative estimate of drug-likeness (QED) is 0.896. The van der Waals surface area contributed by atoms with Gasteiger partial charge in [0, 0.05) is 26.2 Å². The van der Waals surface area contributed by atoms with Crippen LogP contribution >= 0.6 is 0 Å². The SMILES string of the molecule is c1ccc2cc(CNC3=NCCN3CCN3CCCCCC3)ccc2c1. The van der Waals surface area contributed by atoms with E-state index < -0.39 is 0 Å². The van der Waals surface area contributed by atoms with Crippen molar-refractivity contribution in [3.05, 3.63) is 48.0 Å². The highest BCUT2D eigenvalue weighted by atomic mass is 15.3. The van der Waals surface area contributed by atoms with Crippen molar-refractivity contribution in [3.63, 3.8) is 0 Å². The molecule has 0 aliphatic carbocycles. The van der Waals surface area contributed by atoms with Crippen LogP contribution in [0.5, 0.6) is 0 Å². The minimum absolute atomic E-state index is 0.837. The third-order valence-electron chi connectivity index (χ3n) is 5.58. The van der Waals surface area contributed by atoms with Gasteiger partial charge < -0.3 is 15.1 Å². The van der Waals surface area contributed by atoms with Gasteiger partial charge in [-0.15, -0.1) is 0 Å². The number of nitrogens with zero attached hydrogens (tertiary/aromatic N) is 3. The van der Waals surface area contributed by atoms with Gasteiger partial charge in [-0.1, -0.05) is 49.2 Å². The van der Waals surface area contributed by atoms with Crippen molar-refractivity contribution in [1.82, 2.24) is 15.1 Å². The number of aliphatic imine (C=N–C) groups is 1. The van der Waals surface area contributed by atoms with Crippen molar-refractivity contribution in [3.8, 4) is 0 Å². The van der Waals surface area contributed by atoms with Crippen molar-refractivity contribution in [1.29, 1.82) is 0 Å². The van der Waals surface area contributed by atoms with E-state index in [1.54, 1.807) is 0 Å². The van der Waals surface area contributed by atoms with Crippen LogP contribution in [0.2, 0.25) is 0 Å². The highest BCUT2D eigenvalue weighted by Gasteiger charge is 2.18. The fraction of sp³-hybridized carbons (Fsp3) is 0.500. The number of guanidine groups is 1. The van der Waals surface area contributed by atoms with Gasteiger partial charge in [-0.25, -0.2) is 0 Å². The van der Waals surface area contributed by atoms with Gasteiger partial charge in [0.25, 0.3) is 0 Å². The van der Waals surface area contributed by atoms with Gasteiger partial charge in [0.1, 0.15) is 0 Å². The van der Waals surface area contributed by atoms with Gasteiger partial charge in [0.15, 0.2) is 5.96 Å². The van der Waals surface area contributed by atoms with Crippen LogP contribution in [0.4, 0.5) is 0 Å². The lowest BCUT2D eigenvalue weighted by atomic mass is 10.1. The van der Waals surface area contributed by atoms with Crippen LogP contribution < -0.4 is 5.32 Å². The van der Waals surface area contributed by atoms with Crippen molar-refractivity contribution in [2.24, 2.45) is 4.99 Å². The maximum Gasteiger partial charge on any atom is 0.194 e. The van der Waals surface area contributed by atoms with E-state index in [-0.39, 0.29) is 0 Å². The maximum absolute atomic E-state index is 4.69. The van der Waals surface area contributed by atoms with Gasteiger partial charge in [0.2, 0.25) is 0 Å². The topological polar surface area (TPSA) is 30.9 Å². The molecular weight excluding hydrogens is 320 g/mol. The summed E-state index contributed by atoms with van der Waals surface area (Å²) in [7, 11) is 0. The predicted molar refractivity (Wildman–Crippen MR) is 110 cm³/mol. The molecule has 4 nitrogen and oxygen atoms in total. The second kappa shape index (κ2) is 8.54. The van der Waals surface area contributed by atoms with Crippen LogP contribution in [0.1, 0.15) is 31.2 Å². The third-order valence-corrected chi connectivity index (χ3v) is 5.58. The van der Waals surface area contributed by atoms with Crippen LogP contribution in [0.3, 0.4) is 0 Å². The van der Waals surface area contributed by atoms with E-state index in [0.29, 0.717) is 0 Å². The van der Waals surface area contributed by atoms with Gasteiger partial charge in [-0.2, -0.15) is 0 Å². The average Bonchev–Trinajstić information content (AvgIpc) is 2.97. The molecule has 0 aromatic heterocycles. The van der Waals surface area contributed by atoms with Gasteiger partial charge in [-0.3, -0.25) is 4.99 Å². The number of hydrogen-bond acceptors (Lipinski definition) is 4. The Hall–Kier alpha value is -2.07. The molecule has 1 fully saturated rings. The van der Waals surface area contributed by atoms with E-state index in [9.17, 15) is 0 Å². The van der Waals surface area contributed by atoms with E-state index >= 15 is 0 Å². The molecule has 4 heteroatoms. The molecular formula is C22H30N4. The maximum atomic E-state index is 4.69. The fourth-order valence-electron chi connectivity index (χ4n) is 4.02. The van der Waals surface area contributed by atoms with E-state index in [1.165, 1.54) is 55.1 Å². The number of fused-ring (bicyclic) bond motifs is 1. The molecule has 2 aromatic carbocycles.